The van der Waals surface area contributed by atoms with E-state index < -0.39 is 0 Å². The molecule has 2 nitrogen and oxygen atoms in total. The van der Waals surface area contributed by atoms with E-state index in [4.69, 9.17) is 0 Å². The Morgan fingerprint density at radius 2 is 2.30 bits per heavy atom. The van der Waals surface area contributed by atoms with Crippen LogP contribution >= 0.6 is 0 Å². The molecule has 56 valence electrons. The van der Waals surface area contributed by atoms with Gasteiger partial charge in [-0.25, -0.2) is 0 Å². The fourth-order valence-electron chi connectivity index (χ4n) is 2.12. The Morgan fingerprint density at radius 3 is 3.10 bits per heavy atom. The SMILES string of the molecule is O=C1CCC2NCCCC12. The van der Waals surface area contributed by atoms with E-state index >= 15 is 0 Å². The lowest BCUT2D eigenvalue weighted by Crippen LogP contribution is -2.39. The van der Waals surface area contributed by atoms with Crippen LogP contribution < -0.4 is 5.32 Å². The van der Waals surface area contributed by atoms with E-state index in [9.17, 15) is 4.79 Å². The molecular formula is C8H13NO. The highest BCUT2D eigenvalue weighted by molar-refractivity contribution is 5.84. The highest BCUT2D eigenvalue weighted by Gasteiger charge is 2.35. The molecule has 1 saturated heterocycles. The van der Waals surface area contributed by atoms with Crippen LogP contribution in [0.15, 0.2) is 0 Å². The second-order valence-electron chi connectivity index (χ2n) is 3.31. The number of carbonyl (C=O) groups is 1. The van der Waals surface area contributed by atoms with Crippen LogP contribution in [0.25, 0.3) is 0 Å². The fraction of sp³-hybridized carbons (Fsp3) is 0.875. The second kappa shape index (κ2) is 2.35. The molecule has 1 aliphatic heterocycles. The van der Waals surface area contributed by atoms with Gasteiger partial charge in [-0.05, 0) is 25.8 Å². The molecule has 2 rings (SSSR count). The Kier molecular flexibility index (Phi) is 1.49. The molecule has 2 unspecified atom stereocenters. The van der Waals surface area contributed by atoms with Crippen LogP contribution in [0.4, 0.5) is 0 Å². The molecule has 0 spiro atoms. The van der Waals surface area contributed by atoms with Gasteiger partial charge in [0.15, 0.2) is 0 Å². The molecule has 10 heavy (non-hydrogen) atoms. The van der Waals surface area contributed by atoms with E-state index in [1.54, 1.807) is 0 Å². The zero-order chi connectivity index (χ0) is 6.97. The summed E-state index contributed by atoms with van der Waals surface area (Å²) in [5.41, 5.74) is 0. The molecule has 0 aromatic heterocycles. The quantitative estimate of drug-likeness (QED) is 0.535. The van der Waals surface area contributed by atoms with Crippen LogP contribution in [0.2, 0.25) is 0 Å². The number of fused-ring (bicyclic) bond motifs is 1. The molecule has 1 N–H and O–H groups in total. The van der Waals surface area contributed by atoms with Crippen molar-refractivity contribution in [2.24, 2.45) is 5.92 Å². The minimum absolute atomic E-state index is 0.383. The Morgan fingerprint density at radius 1 is 1.40 bits per heavy atom. The number of hydrogen-bond acceptors (Lipinski definition) is 2. The van der Waals surface area contributed by atoms with Crippen molar-refractivity contribution in [3.05, 3.63) is 0 Å². The number of carbonyl (C=O) groups excluding carboxylic acids is 1. The third-order valence-electron chi connectivity index (χ3n) is 2.70. The van der Waals surface area contributed by atoms with Gasteiger partial charge in [0.1, 0.15) is 5.78 Å². The van der Waals surface area contributed by atoms with Crippen molar-refractivity contribution in [3.8, 4) is 0 Å². The van der Waals surface area contributed by atoms with E-state index in [0.717, 1.165) is 25.8 Å². The summed E-state index contributed by atoms with van der Waals surface area (Å²) in [7, 11) is 0. The molecule has 0 aromatic carbocycles. The molecule has 0 aromatic rings. The fourth-order valence-corrected chi connectivity index (χ4v) is 2.12. The zero-order valence-corrected chi connectivity index (χ0v) is 6.10. The maximum atomic E-state index is 11.2. The van der Waals surface area contributed by atoms with Gasteiger partial charge in [-0.3, -0.25) is 4.79 Å². The molecule has 0 amide bonds. The molecule has 0 radical (unpaired) electrons. The minimum Gasteiger partial charge on any atom is -0.313 e. The van der Waals surface area contributed by atoms with Gasteiger partial charge >= 0.3 is 0 Å². The number of Topliss-reactive ketones (excluding diaryl/α,β-unsaturated/α-hetero) is 1. The molecule has 2 aliphatic rings. The maximum absolute atomic E-state index is 11.2. The van der Waals surface area contributed by atoms with Crippen LogP contribution in [-0.4, -0.2) is 18.4 Å². The Balaban J connectivity index is 2.08. The van der Waals surface area contributed by atoms with Crippen molar-refractivity contribution < 1.29 is 4.79 Å². The third kappa shape index (κ3) is 0.870. The summed E-state index contributed by atoms with van der Waals surface area (Å²) in [6.07, 6.45) is 4.23. The third-order valence-corrected chi connectivity index (χ3v) is 2.70. The first-order valence-corrected chi connectivity index (χ1v) is 4.14. The monoisotopic (exact) mass is 139 g/mol. The topological polar surface area (TPSA) is 29.1 Å². The highest BCUT2D eigenvalue weighted by atomic mass is 16.1. The summed E-state index contributed by atoms with van der Waals surface area (Å²) in [5.74, 6) is 0.881. The average Bonchev–Trinajstić information content (AvgIpc) is 2.34. The van der Waals surface area contributed by atoms with Crippen molar-refractivity contribution in [3.63, 3.8) is 0 Å². The van der Waals surface area contributed by atoms with Crippen molar-refractivity contribution in [1.82, 2.24) is 5.32 Å². The van der Waals surface area contributed by atoms with Gasteiger partial charge in [-0.2, -0.15) is 0 Å². The maximum Gasteiger partial charge on any atom is 0.137 e. The Hall–Kier alpha value is -0.370. The van der Waals surface area contributed by atoms with Gasteiger partial charge in [-0.1, -0.05) is 0 Å². The van der Waals surface area contributed by atoms with Gasteiger partial charge < -0.3 is 5.32 Å². The van der Waals surface area contributed by atoms with Crippen molar-refractivity contribution in [1.29, 1.82) is 0 Å². The summed E-state index contributed by atoms with van der Waals surface area (Å²) in [4.78, 5) is 11.2. The number of rotatable bonds is 0. The largest absolute Gasteiger partial charge is 0.313 e. The lowest BCUT2D eigenvalue weighted by atomic mass is 9.93. The van der Waals surface area contributed by atoms with Gasteiger partial charge in [0.25, 0.3) is 0 Å². The number of nitrogens with one attached hydrogen (secondary N) is 1. The molecule has 1 heterocycles. The van der Waals surface area contributed by atoms with Gasteiger partial charge in [0.05, 0.1) is 0 Å². The first-order chi connectivity index (χ1) is 4.88. The number of piperidine rings is 1. The average molecular weight is 139 g/mol. The molecular weight excluding hydrogens is 126 g/mol. The summed E-state index contributed by atoms with van der Waals surface area (Å²) in [6, 6.07) is 0.543. The van der Waals surface area contributed by atoms with Crippen LogP contribution in [0.3, 0.4) is 0 Å². The molecule has 0 bridgehead atoms. The zero-order valence-electron chi connectivity index (χ0n) is 6.10. The van der Waals surface area contributed by atoms with E-state index in [-0.39, 0.29) is 0 Å². The van der Waals surface area contributed by atoms with E-state index in [1.165, 1.54) is 6.42 Å². The van der Waals surface area contributed by atoms with Gasteiger partial charge in [-0.15, -0.1) is 0 Å². The summed E-state index contributed by atoms with van der Waals surface area (Å²) in [5, 5.41) is 3.39. The number of hydrogen-bond donors (Lipinski definition) is 1. The van der Waals surface area contributed by atoms with E-state index in [2.05, 4.69) is 5.32 Å². The van der Waals surface area contributed by atoms with E-state index in [0.29, 0.717) is 17.7 Å². The van der Waals surface area contributed by atoms with Gasteiger partial charge in [0, 0.05) is 18.4 Å². The Bertz CT molecular complexity index is 155. The molecule has 1 aliphatic carbocycles. The van der Waals surface area contributed by atoms with Crippen molar-refractivity contribution in [2.75, 3.05) is 6.54 Å². The first kappa shape index (κ1) is 6.35. The molecule has 1 saturated carbocycles. The second-order valence-corrected chi connectivity index (χ2v) is 3.31. The first-order valence-electron chi connectivity index (χ1n) is 4.14. The van der Waals surface area contributed by atoms with Gasteiger partial charge in [0.2, 0.25) is 0 Å². The standard InChI is InChI=1S/C8H13NO/c10-8-4-3-7-6(8)2-1-5-9-7/h6-7,9H,1-5H2. The predicted molar refractivity (Wildman–Crippen MR) is 38.8 cm³/mol. The number of ketones is 1. The van der Waals surface area contributed by atoms with Crippen molar-refractivity contribution in [2.45, 2.75) is 31.7 Å². The summed E-state index contributed by atoms with van der Waals surface area (Å²) >= 11 is 0. The molecule has 2 fully saturated rings. The van der Waals surface area contributed by atoms with Crippen LogP contribution in [0.1, 0.15) is 25.7 Å². The molecule has 2 atom stereocenters. The highest BCUT2D eigenvalue weighted by Crippen LogP contribution is 2.28. The summed E-state index contributed by atoms with van der Waals surface area (Å²) < 4.78 is 0. The smallest absolute Gasteiger partial charge is 0.137 e. The van der Waals surface area contributed by atoms with Crippen LogP contribution in [-0.2, 0) is 4.79 Å². The Labute approximate surface area is 61.0 Å². The van der Waals surface area contributed by atoms with E-state index in [1.807, 2.05) is 0 Å². The lowest BCUT2D eigenvalue weighted by Gasteiger charge is -2.24. The van der Waals surface area contributed by atoms with Crippen molar-refractivity contribution >= 4 is 5.78 Å². The van der Waals surface area contributed by atoms with Crippen LogP contribution in [0, 0.1) is 5.92 Å². The molecule has 2 heteroatoms. The minimum atomic E-state index is 0.383. The summed E-state index contributed by atoms with van der Waals surface area (Å²) in [6.45, 7) is 1.12. The normalized spacial score (nSPS) is 39.8. The van der Waals surface area contributed by atoms with Crippen LogP contribution in [0.5, 0.6) is 0 Å². The predicted octanol–water partition coefficient (Wildman–Crippen LogP) is 0.718. The lowest BCUT2D eigenvalue weighted by molar-refractivity contribution is -0.121.